The van der Waals surface area contributed by atoms with Crippen LogP contribution in [0.4, 0.5) is 0 Å². The van der Waals surface area contributed by atoms with Crippen molar-refractivity contribution in [3.05, 3.63) is 53.9 Å². The molecule has 138 valence electrons. The number of fused-ring (bicyclic) bond motifs is 1. The van der Waals surface area contributed by atoms with Crippen LogP contribution in [0.3, 0.4) is 0 Å². The van der Waals surface area contributed by atoms with Gasteiger partial charge >= 0.3 is 0 Å². The van der Waals surface area contributed by atoms with E-state index in [-0.39, 0.29) is 17.9 Å². The Kier molecular flexibility index (Phi) is 4.84. The highest BCUT2D eigenvalue weighted by Crippen LogP contribution is 2.54. The smallest absolute Gasteiger partial charge is 0.224 e. The van der Waals surface area contributed by atoms with E-state index in [1.165, 1.54) is 31.2 Å². The van der Waals surface area contributed by atoms with Crippen LogP contribution in [-0.4, -0.2) is 21.7 Å². The van der Waals surface area contributed by atoms with Crippen molar-refractivity contribution in [2.24, 2.45) is 17.8 Å². The number of aryl methyl sites for hydroxylation is 1. The lowest BCUT2D eigenvalue weighted by Gasteiger charge is -2.55. The standard InChI is InChI=1S/C22H29N3O/c1-15(14-25-13-12-16(2)24-25)22(26)23-21-19-11-7-6-10-18(19)20(21)17-8-4-3-5-9-17/h3-5,8-9,12-13,15,18-21H,6-7,10-11,14H2,1-2H3,(H,23,26)/t15-,18-,19-,20-,21-/m0/s1. The number of aromatic nitrogens is 2. The molecule has 0 aliphatic heterocycles. The maximum absolute atomic E-state index is 12.9. The van der Waals surface area contributed by atoms with Gasteiger partial charge in [0, 0.05) is 18.2 Å². The summed E-state index contributed by atoms with van der Waals surface area (Å²) in [7, 11) is 0. The van der Waals surface area contributed by atoms with Gasteiger partial charge in [-0.25, -0.2) is 0 Å². The van der Waals surface area contributed by atoms with Crippen LogP contribution >= 0.6 is 0 Å². The highest BCUT2D eigenvalue weighted by atomic mass is 16.2. The predicted octanol–water partition coefficient (Wildman–Crippen LogP) is 3.92. The van der Waals surface area contributed by atoms with E-state index in [4.69, 9.17) is 0 Å². The first-order valence-electron chi connectivity index (χ1n) is 9.99. The number of benzene rings is 1. The summed E-state index contributed by atoms with van der Waals surface area (Å²) in [5, 5.41) is 7.82. The number of carbonyl (C=O) groups is 1. The molecule has 0 radical (unpaired) electrons. The average molecular weight is 351 g/mol. The zero-order valence-electron chi connectivity index (χ0n) is 15.8. The van der Waals surface area contributed by atoms with Crippen LogP contribution in [0.2, 0.25) is 0 Å². The van der Waals surface area contributed by atoms with Crippen LogP contribution in [0.1, 0.15) is 49.8 Å². The Hall–Kier alpha value is -2.10. The van der Waals surface area contributed by atoms with Crippen molar-refractivity contribution in [3.8, 4) is 0 Å². The summed E-state index contributed by atoms with van der Waals surface area (Å²) in [4.78, 5) is 12.9. The molecule has 1 aromatic heterocycles. The molecule has 2 aliphatic carbocycles. The van der Waals surface area contributed by atoms with Gasteiger partial charge in [0.1, 0.15) is 0 Å². The Morgan fingerprint density at radius 1 is 1.19 bits per heavy atom. The molecule has 1 heterocycles. The fraction of sp³-hybridized carbons (Fsp3) is 0.545. The third-order valence-electron chi connectivity index (χ3n) is 6.36. The van der Waals surface area contributed by atoms with Crippen molar-refractivity contribution in [1.82, 2.24) is 15.1 Å². The number of nitrogens with one attached hydrogen (secondary N) is 1. The molecule has 0 saturated heterocycles. The van der Waals surface area contributed by atoms with E-state index in [2.05, 4.69) is 40.7 Å². The molecule has 5 atom stereocenters. The highest BCUT2D eigenvalue weighted by molar-refractivity contribution is 5.78. The highest BCUT2D eigenvalue weighted by Gasteiger charge is 2.51. The van der Waals surface area contributed by atoms with Gasteiger partial charge in [-0.1, -0.05) is 50.1 Å². The Balaban J connectivity index is 1.45. The molecular weight excluding hydrogens is 322 g/mol. The maximum atomic E-state index is 12.9. The lowest BCUT2D eigenvalue weighted by Crippen LogP contribution is -2.60. The molecule has 26 heavy (non-hydrogen) atoms. The summed E-state index contributed by atoms with van der Waals surface area (Å²) in [6.07, 6.45) is 7.15. The summed E-state index contributed by atoms with van der Waals surface area (Å²) >= 11 is 0. The quantitative estimate of drug-likeness (QED) is 0.887. The van der Waals surface area contributed by atoms with E-state index < -0.39 is 0 Å². The van der Waals surface area contributed by atoms with Crippen molar-refractivity contribution in [3.63, 3.8) is 0 Å². The summed E-state index contributed by atoms with van der Waals surface area (Å²) in [5.74, 6) is 1.95. The fourth-order valence-electron chi connectivity index (χ4n) is 5.03. The predicted molar refractivity (Wildman–Crippen MR) is 103 cm³/mol. The van der Waals surface area contributed by atoms with Crippen LogP contribution in [0.15, 0.2) is 42.6 Å². The van der Waals surface area contributed by atoms with Crippen LogP contribution in [0.25, 0.3) is 0 Å². The van der Waals surface area contributed by atoms with Crippen LogP contribution in [0, 0.1) is 24.7 Å². The number of rotatable bonds is 5. The Morgan fingerprint density at radius 2 is 1.92 bits per heavy atom. The lowest BCUT2D eigenvalue weighted by atomic mass is 9.53. The average Bonchev–Trinajstić information content (AvgIpc) is 3.05. The second-order valence-electron chi connectivity index (χ2n) is 8.16. The maximum Gasteiger partial charge on any atom is 0.224 e. The minimum atomic E-state index is -0.0756. The monoisotopic (exact) mass is 351 g/mol. The first-order chi connectivity index (χ1) is 12.6. The van der Waals surface area contributed by atoms with Crippen molar-refractivity contribution in [2.75, 3.05) is 0 Å². The first-order valence-corrected chi connectivity index (χ1v) is 9.99. The van der Waals surface area contributed by atoms with Gasteiger partial charge in [-0.2, -0.15) is 5.10 Å². The van der Waals surface area contributed by atoms with Crippen molar-refractivity contribution in [1.29, 1.82) is 0 Å². The third kappa shape index (κ3) is 3.29. The van der Waals surface area contributed by atoms with E-state index in [1.54, 1.807) is 0 Å². The van der Waals surface area contributed by atoms with Gasteiger partial charge < -0.3 is 5.32 Å². The fourth-order valence-corrected chi connectivity index (χ4v) is 5.03. The second-order valence-corrected chi connectivity index (χ2v) is 8.16. The topological polar surface area (TPSA) is 46.9 Å². The largest absolute Gasteiger partial charge is 0.352 e. The van der Waals surface area contributed by atoms with Crippen molar-refractivity contribution >= 4 is 5.91 Å². The van der Waals surface area contributed by atoms with Gasteiger partial charge in [-0.3, -0.25) is 9.48 Å². The van der Waals surface area contributed by atoms with Crippen LogP contribution in [0.5, 0.6) is 0 Å². The molecule has 4 nitrogen and oxygen atoms in total. The van der Waals surface area contributed by atoms with Gasteiger partial charge in [0.05, 0.1) is 18.2 Å². The molecule has 2 aromatic rings. The lowest BCUT2D eigenvalue weighted by molar-refractivity contribution is -0.128. The van der Waals surface area contributed by atoms with Gasteiger partial charge in [0.15, 0.2) is 0 Å². The summed E-state index contributed by atoms with van der Waals surface area (Å²) in [6.45, 7) is 4.61. The number of nitrogens with zero attached hydrogens (tertiary/aromatic N) is 2. The first kappa shape index (κ1) is 17.3. The molecule has 0 bridgehead atoms. The van der Waals surface area contributed by atoms with E-state index in [1.807, 2.05) is 30.8 Å². The summed E-state index contributed by atoms with van der Waals surface area (Å²) in [5.41, 5.74) is 2.38. The molecule has 2 aliphatic rings. The van der Waals surface area contributed by atoms with Crippen LogP contribution < -0.4 is 5.32 Å². The zero-order valence-corrected chi connectivity index (χ0v) is 15.8. The zero-order chi connectivity index (χ0) is 18.1. The second kappa shape index (κ2) is 7.26. The summed E-state index contributed by atoms with van der Waals surface area (Å²) < 4.78 is 1.87. The number of amides is 1. The van der Waals surface area contributed by atoms with Crippen molar-refractivity contribution in [2.45, 2.75) is 58.0 Å². The van der Waals surface area contributed by atoms with Gasteiger partial charge in [-0.05, 0) is 43.2 Å². The number of hydrogen-bond donors (Lipinski definition) is 1. The summed E-state index contributed by atoms with van der Waals surface area (Å²) in [6, 6.07) is 13.0. The molecule has 0 spiro atoms. The van der Waals surface area contributed by atoms with Crippen LogP contribution in [-0.2, 0) is 11.3 Å². The van der Waals surface area contributed by atoms with Gasteiger partial charge in [0.25, 0.3) is 0 Å². The molecule has 1 amide bonds. The van der Waals surface area contributed by atoms with E-state index in [9.17, 15) is 4.79 Å². The minimum absolute atomic E-state index is 0.0756. The molecule has 1 aromatic carbocycles. The normalized spacial score (nSPS) is 28.7. The molecule has 2 saturated carbocycles. The molecular formula is C22H29N3O. The molecule has 4 rings (SSSR count). The molecule has 0 unspecified atom stereocenters. The Labute approximate surface area is 156 Å². The number of hydrogen-bond acceptors (Lipinski definition) is 2. The number of carbonyl (C=O) groups excluding carboxylic acids is 1. The van der Waals surface area contributed by atoms with Gasteiger partial charge in [-0.15, -0.1) is 0 Å². The Bertz CT molecular complexity index is 754. The van der Waals surface area contributed by atoms with E-state index >= 15 is 0 Å². The minimum Gasteiger partial charge on any atom is -0.352 e. The Morgan fingerprint density at radius 3 is 2.62 bits per heavy atom. The van der Waals surface area contributed by atoms with E-state index in [0.29, 0.717) is 18.4 Å². The molecule has 2 fully saturated rings. The van der Waals surface area contributed by atoms with E-state index in [0.717, 1.165) is 11.6 Å². The van der Waals surface area contributed by atoms with Gasteiger partial charge in [0.2, 0.25) is 5.91 Å². The molecule has 1 N–H and O–H groups in total. The SMILES string of the molecule is Cc1ccn(C[C@H](C)C(=O)N[C@H]2[C@H]3CCCC[C@@H]3[C@@H]2c2ccccc2)n1. The third-order valence-corrected chi connectivity index (χ3v) is 6.36. The molecule has 4 heteroatoms. The van der Waals surface area contributed by atoms with Crippen molar-refractivity contribution < 1.29 is 4.79 Å².